The van der Waals surface area contributed by atoms with Crippen molar-refractivity contribution in [2.24, 2.45) is 0 Å². The van der Waals surface area contributed by atoms with Crippen LogP contribution in [0.15, 0.2) is 30.3 Å². The third-order valence-corrected chi connectivity index (χ3v) is 2.68. The maximum atomic E-state index is 7.17. The molecule has 0 fully saturated rings. The number of benzene rings is 1. The Kier molecular flexibility index (Phi) is 6.85. The van der Waals surface area contributed by atoms with Crippen LogP contribution in [0.4, 0.5) is 0 Å². The van der Waals surface area contributed by atoms with E-state index in [4.69, 9.17) is 15.1 Å². The molecule has 5 heteroatoms. The number of hydrogen-bond acceptors (Lipinski definition) is 3. The van der Waals surface area contributed by atoms with E-state index in [1.165, 1.54) is 3.07 Å². The van der Waals surface area contributed by atoms with E-state index in [2.05, 4.69) is 30.3 Å². The number of rotatable bonds is 0. The van der Waals surface area contributed by atoms with Crippen LogP contribution in [0.25, 0.3) is 0 Å². The topological polar surface area (TPSA) is 60.7 Å². The Morgan fingerprint density at radius 3 is 1.55 bits per heavy atom. The molecule has 1 aromatic rings. The second kappa shape index (κ2) is 6.79. The first-order chi connectivity index (χ1) is 5.13. The predicted octanol–water partition coefficient (Wildman–Crippen LogP) is -1.19. The third-order valence-electron chi connectivity index (χ3n) is 0.843. The minimum absolute atomic E-state index is 0.810. The molecule has 1 rings (SSSR count). The zero-order chi connectivity index (χ0) is 8.69. The molecule has 1 aromatic carbocycles. The van der Waals surface area contributed by atoms with Gasteiger partial charge in [-0.2, -0.15) is 0 Å². The maximum absolute atomic E-state index is 7.17. The van der Waals surface area contributed by atoms with Crippen molar-refractivity contribution in [1.29, 1.82) is 0 Å². The predicted molar refractivity (Wildman–Crippen MR) is 38.5 cm³/mol. The zero-order valence-electron chi connectivity index (χ0n) is 6.01. The Labute approximate surface area is 81.8 Å². The zero-order valence-corrected chi connectivity index (χ0v) is 11.5. The molecule has 0 bridgehead atoms. The van der Waals surface area contributed by atoms with Crippen molar-refractivity contribution in [2.75, 3.05) is 0 Å². The first-order valence-electron chi connectivity index (χ1n) is 3.04. The van der Waals surface area contributed by atoms with E-state index < -0.39 is 7.32 Å². The molecule has 0 saturated carbocycles. The van der Waals surface area contributed by atoms with Gasteiger partial charge in [0.1, 0.15) is 0 Å². The molecule has 0 unspecified atom stereocenters. The summed E-state index contributed by atoms with van der Waals surface area (Å²) >= 11 is 0.810. The summed E-state index contributed by atoms with van der Waals surface area (Å²) in [5.74, 6) is 0. The summed E-state index contributed by atoms with van der Waals surface area (Å²) in [6, 6.07) is 10.6. The Morgan fingerprint density at radius 2 is 1.36 bits per heavy atom. The van der Waals surface area contributed by atoms with Crippen molar-refractivity contribution < 1.29 is 41.2 Å². The quantitative estimate of drug-likeness (QED) is 0.521. The van der Waals surface area contributed by atoms with E-state index in [0.29, 0.717) is 0 Å². The molecule has 3 N–H and O–H groups in total. The molecule has 11 heavy (non-hydrogen) atoms. The van der Waals surface area contributed by atoms with E-state index in [-0.39, 0.29) is 0 Å². The van der Waals surface area contributed by atoms with Crippen LogP contribution in [0.2, 0.25) is 0 Å². The van der Waals surface area contributed by atoms with Gasteiger partial charge in [-0.1, -0.05) is 0 Å². The van der Waals surface area contributed by atoms with E-state index in [9.17, 15) is 0 Å². The molecule has 0 atom stereocenters. The first-order valence-corrected chi connectivity index (χ1v) is 5.79. The van der Waals surface area contributed by atoms with E-state index in [1.54, 1.807) is 0 Å². The molecule has 0 aliphatic carbocycles. The second-order valence-electron chi connectivity index (χ2n) is 1.83. The minimum atomic E-state index is -2.17. The summed E-state index contributed by atoms with van der Waals surface area (Å²) in [4.78, 5) is 0. The van der Waals surface area contributed by atoms with Crippen molar-refractivity contribution in [3.63, 3.8) is 0 Å². The fraction of sp³-hybridized carbons (Fsp3) is 0. The monoisotopic (exact) mass is 341 g/mol. The summed E-state index contributed by atoms with van der Waals surface area (Å²) in [5, 5.41) is 21.5. The summed E-state index contributed by atoms with van der Waals surface area (Å²) in [7, 11) is -2.17. The molecule has 0 radical (unpaired) electrons. The van der Waals surface area contributed by atoms with Crippen LogP contribution >= 0.6 is 0 Å². The SMILES string of the molecule is OB(O)O.[Hg][c]1ccccc1. The first kappa shape index (κ1) is 11.1. The van der Waals surface area contributed by atoms with Crippen molar-refractivity contribution in [2.45, 2.75) is 0 Å². The van der Waals surface area contributed by atoms with Gasteiger partial charge in [-0.05, 0) is 0 Å². The standard InChI is InChI=1S/C6H5.BH3O3.Hg/c1-2-4-6-5-3-1;2-1(3)4;/h1-5H;2-4H;. The van der Waals surface area contributed by atoms with Gasteiger partial charge in [-0.25, -0.2) is 0 Å². The molecule has 0 aliphatic heterocycles. The summed E-state index contributed by atoms with van der Waals surface area (Å²) < 4.78 is 1.52. The molecule has 55 valence electrons. The summed E-state index contributed by atoms with van der Waals surface area (Å²) in [6.07, 6.45) is 0. The Hall–Kier alpha value is 0.1000. The molecule has 0 amide bonds. The van der Waals surface area contributed by atoms with Crippen LogP contribution in [0.1, 0.15) is 0 Å². The van der Waals surface area contributed by atoms with Crippen LogP contribution < -0.4 is 3.07 Å². The van der Waals surface area contributed by atoms with Crippen molar-refractivity contribution >= 4 is 10.4 Å². The average molecular weight is 340 g/mol. The van der Waals surface area contributed by atoms with E-state index in [0.717, 1.165) is 26.1 Å². The van der Waals surface area contributed by atoms with E-state index >= 15 is 0 Å². The van der Waals surface area contributed by atoms with Crippen molar-refractivity contribution in [3.8, 4) is 0 Å². The average Bonchev–Trinajstić information content (AvgIpc) is 1.87. The second-order valence-corrected chi connectivity index (χ2v) is 5.01. The number of hydrogen-bond donors (Lipinski definition) is 3. The van der Waals surface area contributed by atoms with Crippen LogP contribution in [0.5, 0.6) is 0 Å². The van der Waals surface area contributed by atoms with Crippen LogP contribution in [0.3, 0.4) is 0 Å². The van der Waals surface area contributed by atoms with Gasteiger partial charge in [-0.3, -0.25) is 0 Å². The van der Waals surface area contributed by atoms with Gasteiger partial charge in [0.05, 0.1) is 0 Å². The van der Waals surface area contributed by atoms with Gasteiger partial charge in [-0.15, -0.1) is 0 Å². The molecule has 0 aliphatic rings. The van der Waals surface area contributed by atoms with Gasteiger partial charge < -0.3 is 15.1 Å². The van der Waals surface area contributed by atoms with Crippen molar-refractivity contribution in [1.82, 2.24) is 0 Å². The van der Waals surface area contributed by atoms with Gasteiger partial charge in [0.15, 0.2) is 0 Å². The molecular formula is C6H8BHgO3. The molecule has 0 heterocycles. The summed E-state index contributed by atoms with van der Waals surface area (Å²) in [6.45, 7) is 0. The van der Waals surface area contributed by atoms with Gasteiger partial charge in [0.2, 0.25) is 0 Å². The molecule has 0 spiro atoms. The van der Waals surface area contributed by atoms with Crippen molar-refractivity contribution in [3.05, 3.63) is 30.3 Å². The fourth-order valence-electron chi connectivity index (χ4n) is 0.478. The summed E-state index contributed by atoms with van der Waals surface area (Å²) in [5.41, 5.74) is 0. The van der Waals surface area contributed by atoms with Gasteiger partial charge >= 0.3 is 66.8 Å². The fourth-order valence-corrected chi connectivity index (χ4v) is 1.54. The van der Waals surface area contributed by atoms with E-state index in [1.807, 2.05) is 0 Å². The molecule has 0 aromatic heterocycles. The van der Waals surface area contributed by atoms with Crippen LogP contribution in [0, 0.1) is 0 Å². The Balaban J connectivity index is 0.000000218. The molecule has 3 nitrogen and oxygen atoms in total. The third kappa shape index (κ3) is 10.1. The Bertz CT molecular complexity index is 178. The normalized spacial score (nSPS) is 8.09. The Morgan fingerprint density at radius 1 is 1.00 bits per heavy atom. The molecular weight excluding hydrogens is 331 g/mol. The van der Waals surface area contributed by atoms with Gasteiger partial charge in [0, 0.05) is 0 Å². The van der Waals surface area contributed by atoms with Gasteiger partial charge in [0.25, 0.3) is 0 Å². The van der Waals surface area contributed by atoms with Crippen LogP contribution in [-0.4, -0.2) is 22.4 Å². The molecule has 0 saturated heterocycles. The van der Waals surface area contributed by atoms with Crippen LogP contribution in [-0.2, 0) is 26.1 Å².